The lowest BCUT2D eigenvalue weighted by Gasteiger charge is -2.24. The minimum atomic E-state index is -0.633. The van der Waals surface area contributed by atoms with Gasteiger partial charge in [-0.15, -0.1) is 0 Å². The standard InChI is InChI=1S/C24H30N2O7/c1-16(4-5-17(2)23(28)26-30)22(18-6-10-21(11-7-18)32-15-14-27)33-24(29)25-19-8-12-20(31-3)13-9-19/h5-13,16,22,27,30H,4,14-15H2,1-3H3,(H,25,29)(H,26,28)/b17-5+/t16-,22+/m1/s1. The molecule has 0 saturated heterocycles. The van der Waals surface area contributed by atoms with E-state index in [0.717, 1.165) is 5.56 Å². The van der Waals surface area contributed by atoms with Gasteiger partial charge >= 0.3 is 6.09 Å². The molecule has 2 aromatic carbocycles. The van der Waals surface area contributed by atoms with Gasteiger partial charge in [0.05, 0.1) is 13.7 Å². The van der Waals surface area contributed by atoms with Crippen LogP contribution >= 0.6 is 0 Å². The van der Waals surface area contributed by atoms with Crippen LogP contribution in [0.2, 0.25) is 0 Å². The van der Waals surface area contributed by atoms with Crippen molar-refractivity contribution in [3.63, 3.8) is 0 Å². The predicted molar refractivity (Wildman–Crippen MR) is 122 cm³/mol. The number of hydrogen-bond donors (Lipinski definition) is 4. The van der Waals surface area contributed by atoms with Gasteiger partial charge in [-0.3, -0.25) is 15.3 Å². The van der Waals surface area contributed by atoms with Crippen molar-refractivity contribution in [3.8, 4) is 11.5 Å². The summed E-state index contributed by atoms with van der Waals surface area (Å²) in [5.41, 5.74) is 3.23. The molecular weight excluding hydrogens is 428 g/mol. The van der Waals surface area contributed by atoms with Gasteiger partial charge in [-0.05, 0) is 55.3 Å². The average Bonchev–Trinajstić information content (AvgIpc) is 2.84. The Bertz CT molecular complexity index is 927. The third-order valence-electron chi connectivity index (χ3n) is 4.91. The maximum atomic E-state index is 12.6. The Kier molecular flexibility index (Phi) is 10.2. The molecule has 178 valence electrons. The van der Waals surface area contributed by atoms with E-state index in [1.807, 2.05) is 6.92 Å². The number of allylic oxidation sites excluding steroid dienone is 1. The molecule has 9 heteroatoms. The lowest BCUT2D eigenvalue weighted by atomic mass is 9.93. The summed E-state index contributed by atoms with van der Waals surface area (Å²) in [6, 6.07) is 13.9. The molecule has 0 radical (unpaired) electrons. The number of carbonyl (C=O) groups excluding carboxylic acids is 2. The van der Waals surface area contributed by atoms with Gasteiger partial charge in [0, 0.05) is 17.2 Å². The van der Waals surface area contributed by atoms with E-state index in [4.69, 9.17) is 24.5 Å². The van der Waals surface area contributed by atoms with Gasteiger partial charge in [0.2, 0.25) is 0 Å². The third-order valence-corrected chi connectivity index (χ3v) is 4.91. The fourth-order valence-electron chi connectivity index (χ4n) is 3.03. The van der Waals surface area contributed by atoms with Crippen molar-refractivity contribution < 1.29 is 34.1 Å². The van der Waals surface area contributed by atoms with Crippen molar-refractivity contribution in [2.24, 2.45) is 5.92 Å². The van der Waals surface area contributed by atoms with E-state index in [1.165, 1.54) is 0 Å². The number of aliphatic hydroxyl groups excluding tert-OH is 1. The van der Waals surface area contributed by atoms with Crippen LogP contribution in [-0.4, -0.2) is 42.6 Å². The summed E-state index contributed by atoms with van der Waals surface area (Å²) in [5.74, 6) is 0.454. The first kappa shape index (κ1) is 25.7. The highest BCUT2D eigenvalue weighted by Gasteiger charge is 2.24. The fraction of sp³-hybridized carbons (Fsp3) is 0.333. The lowest BCUT2D eigenvalue weighted by molar-refractivity contribution is -0.125. The van der Waals surface area contributed by atoms with Gasteiger partial charge in [-0.1, -0.05) is 25.1 Å². The number of amides is 2. The molecule has 0 bridgehead atoms. The maximum absolute atomic E-state index is 12.6. The highest BCUT2D eigenvalue weighted by molar-refractivity contribution is 5.91. The second-order valence-corrected chi connectivity index (χ2v) is 7.36. The number of methoxy groups -OCH3 is 1. The van der Waals surface area contributed by atoms with E-state index in [2.05, 4.69) is 5.32 Å². The van der Waals surface area contributed by atoms with Crippen LogP contribution in [0.4, 0.5) is 10.5 Å². The fourth-order valence-corrected chi connectivity index (χ4v) is 3.03. The van der Waals surface area contributed by atoms with Crippen molar-refractivity contribution in [1.29, 1.82) is 0 Å². The largest absolute Gasteiger partial charge is 0.497 e. The number of rotatable bonds is 11. The normalized spacial score (nSPS) is 12.9. The zero-order valence-corrected chi connectivity index (χ0v) is 18.9. The first-order chi connectivity index (χ1) is 15.9. The number of hydroxylamine groups is 1. The summed E-state index contributed by atoms with van der Waals surface area (Å²) in [5, 5.41) is 20.4. The van der Waals surface area contributed by atoms with Crippen LogP contribution in [0.25, 0.3) is 0 Å². The highest BCUT2D eigenvalue weighted by atomic mass is 16.6. The smallest absolute Gasteiger partial charge is 0.412 e. The summed E-state index contributed by atoms with van der Waals surface area (Å²) in [4.78, 5) is 24.2. The summed E-state index contributed by atoms with van der Waals surface area (Å²) < 4.78 is 16.3. The predicted octanol–water partition coefficient (Wildman–Crippen LogP) is 3.83. The van der Waals surface area contributed by atoms with Crippen molar-refractivity contribution in [1.82, 2.24) is 5.48 Å². The average molecular weight is 459 g/mol. The van der Waals surface area contributed by atoms with Crippen molar-refractivity contribution in [2.45, 2.75) is 26.4 Å². The topological polar surface area (TPSA) is 126 Å². The molecule has 33 heavy (non-hydrogen) atoms. The van der Waals surface area contributed by atoms with Gasteiger partial charge in [0.1, 0.15) is 24.2 Å². The summed E-state index contributed by atoms with van der Waals surface area (Å²) in [6.45, 7) is 3.56. The van der Waals surface area contributed by atoms with E-state index in [9.17, 15) is 9.59 Å². The summed E-state index contributed by atoms with van der Waals surface area (Å²) >= 11 is 0. The van der Waals surface area contributed by atoms with Crippen LogP contribution in [0.3, 0.4) is 0 Å². The number of anilines is 1. The van der Waals surface area contributed by atoms with E-state index in [-0.39, 0.29) is 19.1 Å². The Labute approximate surface area is 192 Å². The minimum absolute atomic E-state index is 0.0941. The zero-order chi connectivity index (χ0) is 24.2. The molecule has 0 aliphatic rings. The summed E-state index contributed by atoms with van der Waals surface area (Å²) in [7, 11) is 1.56. The Balaban J connectivity index is 2.17. The monoisotopic (exact) mass is 458 g/mol. The number of nitrogens with one attached hydrogen (secondary N) is 2. The van der Waals surface area contributed by atoms with E-state index >= 15 is 0 Å². The van der Waals surface area contributed by atoms with Gasteiger partial charge < -0.3 is 19.3 Å². The zero-order valence-electron chi connectivity index (χ0n) is 18.9. The van der Waals surface area contributed by atoms with Crippen molar-refractivity contribution in [2.75, 3.05) is 25.6 Å². The second-order valence-electron chi connectivity index (χ2n) is 7.36. The molecule has 0 aromatic heterocycles. The van der Waals surface area contributed by atoms with Crippen LogP contribution in [0.15, 0.2) is 60.2 Å². The molecule has 0 spiro atoms. The Morgan fingerprint density at radius 2 is 1.70 bits per heavy atom. The van der Waals surface area contributed by atoms with Crippen LogP contribution in [-0.2, 0) is 9.53 Å². The number of hydrogen-bond acceptors (Lipinski definition) is 7. The molecule has 0 aliphatic carbocycles. The molecule has 2 rings (SSSR count). The minimum Gasteiger partial charge on any atom is -0.497 e. The highest BCUT2D eigenvalue weighted by Crippen LogP contribution is 2.31. The molecule has 0 fully saturated rings. The number of aliphatic hydroxyl groups is 1. The number of ether oxygens (including phenoxy) is 3. The lowest BCUT2D eigenvalue weighted by Crippen LogP contribution is -2.22. The quantitative estimate of drug-likeness (QED) is 0.229. The van der Waals surface area contributed by atoms with Gasteiger partial charge in [0.25, 0.3) is 5.91 Å². The van der Waals surface area contributed by atoms with Crippen molar-refractivity contribution in [3.05, 3.63) is 65.7 Å². The molecule has 4 N–H and O–H groups in total. The molecule has 0 heterocycles. The van der Waals surface area contributed by atoms with Crippen LogP contribution in [0, 0.1) is 5.92 Å². The number of benzene rings is 2. The molecular formula is C24H30N2O7. The van der Waals surface area contributed by atoms with Gasteiger partial charge in [0.15, 0.2) is 0 Å². The maximum Gasteiger partial charge on any atom is 0.412 e. The van der Waals surface area contributed by atoms with Gasteiger partial charge in [-0.25, -0.2) is 10.3 Å². The van der Waals surface area contributed by atoms with E-state index in [0.29, 0.717) is 29.2 Å². The van der Waals surface area contributed by atoms with E-state index in [1.54, 1.807) is 74.1 Å². The molecule has 2 aromatic rings. The first-order valence-corrected chi connectivity index (χ1v) is 10.4. The molecule has 2 atom stereocenters. The molecule has 2 amide bonds. The molecule has 0 saturated carbocycles. The molecule has 0 unspecified atom stereocenters. The van der Waals surface area contributed by atoms with Gasteiger partial charge in [-0.2, -0.15) is 0 Å². The Hall–Kier alpha value is -3.56. The van der Waals surface area contributed by atoms with Crippen LogP contribution in [0.5, 0.6) is 11.5 Å². The Morgan fingerprint density at radius 3 is 2.27 bits per heavy atom. The van der Waals surface area contributed by atoms with Crippen LogP contribution in [0.1, 0.15) is 31.9 Å². The number of carbonyl (C=O) groups is 2. The Morgan fingerprint density at radius 1 is 1.06 bits per heavy atom. The third kappa shape index (κ3) is 8.13. The SMILES string of the molecule is COc1ccc(NC(=O)O[C@H](c2ccc(OCCO)cc2)[C@H](C)C/C=C(\C)C(=O)NO)cc1. The second kappa shape index (κ2) is 13.1. The van der Waals surface area contributed by atoms with E-state index < -0.39 is 18.1 Å². The molecule has 9 nitrogen and oxygen atoms in total. The molecule has 0 aliphatic heterocycles. The van der Waals surface area contributed by atoms with Crippen LogP contribution < -0.4 is 20.3 Å². The first-order valence-electron chi connectivity index (χ1n) is 10.4. The summed E-state index contributed by atoms with van der Waals surface area (Å²) in [6.07, 6.45) is 0.831. The van der Waals surface area contributed by atoms with Crippen molar-refractivity contribution >= 4 is 17.7 Å².